The zero-order chi connectivity index (χ0) is 12.1. The predicted octanol–water partition coefficient (Wildman–Crippen LogP) is 2.68. The zero-order valence-electron chi connectivity index (χ0n) is 8.47. The highest BCUT2D eigenvalue weighted by atomic mass is 19.2. The molecule has 0 aromatic heterocycles. The summed E-state index contributed by atoms with van der Waals surface area (Å²) in [5, 5.41) is 0. The Labute approximate surface area is 90.3 Å². The van der Waals surface area contributed by atoms with E-state index in [1.807, 2.05) is 0 Å². The molecular formula is C11H9F3O2. The standard InChI is InChI=1S/C11H9F3O2/c1-7(15)16-4-2-3-8-5-9(12)11(14)10(13)6-8/h2-3,5-6H,4H2,1H3/b3-2+. The van der Waals surface area contributed by atoms with Crippen LogP contribution in [-0.2, 0) is 9.53 Å². The molecule has 0 radical (unpaired) electrons. The summed E-state index contributed by atoms with van der Waals surface area (Å²) in [4.78, 5) is 10.4. The van der Waals surface area contributed by atoms with Crippen LogP contribution in [0, 0.1) is 17.5 Å². The number of carbonyl (C=O) groups excluding carboxylic acids is 1. The number of hydrogen-bond donors (Lipinski definition) is 0. The topological polar surface area (TPSA) is 26.3 Å². The van der Waals surface area contributed by atoms with Crippen molar-refractivity contribution in [2.75, 3.05) is 6.61 Å². The molecule has 0 heterocycles. The van der Waals surface area contributed by atoms with Gasteiger partial charge >= 0.3 is 5.97 Å². The van der Waals surface area contributed by atoms with Gasteiger partial charge in [0.05, 0.1) is 0 Å². The summed E-state index contributed by atoms with van der Waals surface area (Å²) in [5.41, 5.74) is 0.156. The molecule has 0 bridgehead atoms. The lowest BCUT2D eigenvalue weighted by Gasteiger charge is -1.98. The molecule has 1 rings (SSSR count). The predicted molar refractivity (Wildman–Crippen MR) is 52.0 cm³/mol. The third kappa shape index (κ3) is 3.42. The Morgan fingerprint density at radius 2 is 1.88 bits per heavy atom. The van der Waals surface area contributed by atoms with E-state index in [0.717, 1.165) is 12.1 Å². The van der Waals surface area contributed by atoms with Crippen molar-refractivity contribution in [3.63, 3.8) is 0 Å². The van der Waals surface area contributed by atoms with Crippen LogP contribution in [0.25, 0.3) is 6.08 Å². The van der Waals surface area contributed by atoms with E-state index < -0.39 is 23.4 Å². The largest absolute Gasteiger partial charge is 0.462 e. The van der Waals surface area contributed by atoms with Crippen molar-refractivity contribution in [3.05, 3.63) is 41.2 Å². The first-order valence-corrected chi connectivity index (χ1v) is 4.45. The summed E-state index contributed by atoms with van der Waals surface area (Å²) in [6.45, 7) is 1.24. The highest BCUT2D eigenvalue weighted by Crippen LogP contribution is 2.14. The summed E-state index contributed by atoms with van der Waals surface area (Å²) >= 11 is 0. The zero-order valence-corrected chi connectivity index (χ0v) is 8.47. The number of ether oxygens (including phenoxy) is 1. The van der Waals surface area contributed by atoms with Crippen LogP contribution in [-0.4, -0.2) is 12.6 Å². The smallest absolute Gasteiger partial charge is 0.302 e. The fourth-order valence-electron chi connectivity index (χ4n) is 1.02. The van der Waals surface area contributed by atoms with E-state index >= 15 is 0 Å². The lowest BCUT2D eigenvalue weighted by Crippen LogP contribution is -1.97. The average molecular weight is 230 g/mol. The van der Waals surface area contributed by atoms with E-state index in [2.05, 4.69) is 4.74 Å². The minimum atomic E-state index is -1.50. The number of carbonyl (C=O) groups is 1. The Hall–Kier alpha value is -1.78. The summed E-state index contributed by atoms with van der Waals surface area (Å²) in [5.74, 6) is -4.47. The molecule has 0 spiro atoms. The van der Waals surface area contributed by atoms with Gasteiger partial charge in [-0.3, -0.25) is 4.79 Å². The van der Waals surface area contributed by atoms with Gasteiger partial charge in [0, 0.05) is 6.92 Å². The Balaban J connectivity index is 2.71. The van der Waals surface area contributed by atoms with E-state index in [9.17, 15) is 18.0 Å². The van der Waals surface area contributed by atoms with E-state index in [1.165, 1.54) is 19.1 Å². The van der Waals surface area contributed by atoms with E-state index in [1.54, 1.807) is 0 Å². The molecule has 0 saturated heterocycles. The summed E-state index contributed by atoms with van der Waals surface area (Å²) in [7, 11) is 0. The van der Waals surface area contributed by atoms with Gasteiger partial charge in [0.1, 0.15) is 6.61 Å². The minimum Gasteiger partial charge on any atom is -0.462 e. The summed E-state index contributed by atoms with van der Waals surface area (Å²) < 4.78 is 42.6. The molecule has 0 aliphatic heterocycles. The fourth-order valence-corrected chi connectivity index (χ4v) is 1.02. The Morgan fingerprint density at radius 1 is 1.31 bits per heavy atom. The summed E-state index contributed by atoms with van der Waals surface area (Å²) in [6.07, 6.45) is 2.72. The number of hydrogen-bond acceptors (Lipinski definition) is 2. The molecule has 0 fully saturated rings. The molecule has 0 aliphatic rings. The Morgan fingerprint density at radius 3 is 2.38 bits per heavy atom. The first-order valence-electron chi connectivity index (χ1n) is 4.45. The molecule has 16 heavy (non-hydrogen) atoms. The molecule has 0 atom stereocenters. The van der Waals surface area contributed by atoms with Gasteiger partial charge in [-0.25, -0.2) is 13.2 Å². The molecule has 0 unspecified atom stereocenters. The van der Waals surface area contributed by atoms with Gasteiger partial charge in [-0.15, -0.1) is 0 Å². The van der Waals surface area contributed by atoms with Crippen molar-refractivity contribution in [1.29, 1.82) is 0 Å². The second-order valence-electron chi connectivity index (χ2n) is 3.00. The second kappa shape index (κ2) is 5.34. The van der Waals surface area contributed by atoms with Crippen molar-refractivity contribution in [3.8, 4) is 0 Å². The molecular weight excluding hydrogens is 221 g/mol. The molecule has 86 valence electrons. The van der Waals surface area contributed by atoms with Crippen molar-refractivity contribution in [2.45, 2.75) is 6.92 Å². The molecule has 0 N–H and O–H groups in total. The number of esters is 1. The second-order valence-corrected chi connectivity index (χ2v) is 3.00. The maximum Gasteiger partial charge on any atom is 0.302 e. The molecule has 0 amide bonds. The highest BCUT2D eigenvalue weighted by molar-refractivity contribution is 5.66. The highest BCUT2D eigenvalue weighted by Gasteiger charge is 2.08. The van der Waals surface area contributed by atoms with Crippen molar-refractivity contribution >= 4 is 12.0 Å². The number of rotatable bonds is 3. The number of benzene rings is 1. The Kier molecular flexibility index (Phi) is 4.10. The lowest BCUT2D eigenvalue weighted by atomic mass is 10.2. The van der Waals surface area contributed by atoms with Crippen LogP contribution in [0.1, 0.15) is 12.5 Å². The van der Waals surface area contributed by atoms with Crippen LogP contribution in [0.5, 0.6) is 0 Å². The van der Waals surface area contributed by atoms with Crippen LogP contribution < -0.4 is 0 Å². The van der Waals surface area contributed by atoms with Gasteiger partial charge in [-0.2, -0.15) is 0 Å². The molecule has 5 heteroatoms. The molecule has 1 aromatic carbocycles. The van der Waals surface area contributed by atoms with Crippen LogP contribution in [0.2, 0.25) is 0 Å². The van der Waals surface area contributed by atoms with Gasteiger partial charge in [0.25, 0.3) is 0 Å². The van der Waals surface area contributed by atoms with Crippen molar-refractivity contribution in [2.24, 2.45) is 0 Å². The number of halogens is 3. The van der Waals surface area contributed by atoms with Crippen molar-refractivity contribution < 1.29 is 22.7 Å². The monoisotopic (exact) mass is 230 g/mol. The van der Waals surface area contributed by atoms with Crippen molar-refractivity contribution in [1.82, 2.24) is 0 Å². The third-order valence-electron chi connectivity index (χ3n) is 1.70. The van der Waals surface area contributed by atoms with Crippen LogP contribution in [0.4, 0.5) is 13.2 Å². The average Bonchev–Trinajstić information content (AvgIpc) is 2.20. The Bertz CT molecular complexity index is 404. The first kappa shape index (κ1) is 12.3. The van der Waals surface area contributed by atoms with Gasteiger partial charge in [-0.05, 0) is 23.8 Å². The van der Waals surface area contributed by atoms with Crippen LogP contribution in [0.3, 0.4) is 0 Å². The van der Waals surface area contributed by atoms with Gasteiger partial charge in [-0.1, -0.05) is 6.08 Å². The van der Waals surface area contributed by atoms with Crippen LogP contribution in [0.15, 0.2) is 18.2 Å². The minimum absolute atomic E-state index is 0.00402. The molecule has 0 aliphatic carbocycles. The molecule has 1 aromatic rings. The summed E-state index contributed by atoms with van der Waals surface area (Å²) in [6, 6.07) is 1.70. The van der Waals surface area contributed by atoms with E-state index in [-0.39, 0.29) is 12.2 Å². The van der Waals surface area contributed by atoms with E-state index in [0.29, 0.717) is 0 Å². The first-order chi connectivity index (χ1) is 7.50. The van der Waals surface area contributed by atoms with E-state index in [4.69, 9.17) is 0 Å². The fraction of sp³-hybridized carbons (Fsp3) is 0.182. The van der Waals surface area contributed by atoms with Gasteiger partial charge < -0.3 is 4.74 Å². The molecule has 0 saturated carbocycles. The van der Waals surface area contributed by atoms with Gasteiger partial charge in [0.15, 0.2) is 17.5 Å². The molecule has 2 nitrogen and oxygen atoms in total. The maximum absolute atomic E-state index is 12.7. The normalized spacial score (nSPS) is 10.8. The quantitative estimate of drug-likeness (QED) is 0.589. The SMILES string of the molecule is CC(=O)OC/C=C/c1cc(F)c(F)c(F)c1. The van der Waals surface area contributed by atoms with Crippen LogP contribution >= 0.6 is 0 Å². The lowest BCUT2D eigenvalue weighted by molar-refractivity contribution is -0.139. The maximum atomic E-state index is 12.7. The van der Waals surface area contributed by atoms with Gasteiger partial charge in [0.2, 0.25) is 0 Å². The third-order valence-corrected chi connectivity index (χ3v) is 1.70.